The van der Waals surface area contributed by atoms with E-state index in [2.05, 4.69) is 0 Å². The summed E-state index contributed by atoms with van der Waals surface area (Å²) >= 11 is 11.9. The van der Waals surface area contributed by atoms with Crippen molar-refractivity contribution in [1.29, 1.82) is 0 Å². The highest BCUT2D eigenvalue weighted by Gasteiger charge is 2.34. The molecular formula is C19H22Cl2O. The first kappa shape index (κ1) is 16.1. The van der Waals surface area contributed by atoms with Gasteiger partial charge in [-0.25, -0.2) is 0 Å². The molecule has 0 N–H and O–H groups in total. The predicted molar refractivity (Wildman–Crippen MR) is 93.3 cm³/mol. The number of benzene rings is 1. The van der Waals surface area contributed by atoms with Crippen LogP contribution in [0.1, 0.15) is 50.5 Å². The number of hydrogen-bond acceptors (Lipinski definition) is 1. The van der Waals surface area contributed by atoms with Crippen molar-refractivity contribution in [3.05, 3.63) is 39.9 Å². The van der Waals surface area contributed by atoms with Gasteiger partial charge in [-0.05, 0) is 54.9 Å². The Balaban J connectivity index is 1.61. The largest absolute Gasteiger partial charge is 0.295 e. The fourth-order valence-electron chi connectivity index (χ4n) is 4.06. The Bertz CT molecular complexity index is 579. The van der Waals surface area contributed by atoms with Gasteiger partial charge >= 0.3 is 0 Å². The van der Waals surface area contributed by atoms with Gasteiger partial charge in [0.2, 0.25) is 0 Å². The molecule has 0 saturated heterocycles. The molecule has 0 aliphatic heterocycles. The van der Waals surface area contributed by atoms with Crippen molar-refractivity contribution < 1.29 is 4.79 Å². The van der Waals surface area contributed by atoms with Crippen LogP contribution in [0.2, 0.25) is 10.0 Å². The summed E-state index contributed by atoms with van der Waals surface area (Å²) in [5.41, 5.74) is 0.925. The van der Waals surface area contributed by atoms with E-state index in [1.54, 1.807) is 18.2 Å². The summed E-state index contributed by atoms with van der Waals surface area (Å²) in [6.07, 6.45) is 12.4. The van der Waals surface area contributed by atoms with Crippen LogP contribution in [0.3, 0.4) is 0 Å². The van der Waals surface area contributed by atoms with E-state index in [0.717, 1.165) is 30.2 Å². The number of carbonyl (C=O) groups is 1. The number of hydrogen-bond donors (Lipinski definition) is 0. The van der Waals surface area contributed by atoms with Crippen molar-refractivity contribution in [2.45, 2.75) is 44.9 Å². The topological polar surface area (TPSA) is 17.1 Å². The van der Waals surface area contributed by atoms with E-state index < -0.39 is 0 Å². The summed E-state index contributed by atoms with van der Waals surface area (Å²) in [5, 5.41) is 1.07. The molecule has 118 valence electrons. The maximum Gasteiger partial charge on any atom is 0.158 e. The van der Waals surface area contributed by atoms with Gasteiger partial charge in [-0.3, -0.25) is 4.79 Å². The van der Waals surface area contributed by atoms with Crippen molar-refractivity contribution in [1.82, 2.24) is 0 Å². The number of carbonyl (C=O) groups excluding carboxylic acids is 1. The van der Waals surface area contributed by atoms with E-state index >= 15 is 0 Å². The Hall–Kier alpha value is -0.790. The van der Waals surface area contributed by atoms with Crippen molar-refractivity contribution in [3.63, 3.8) is 0 Å². The van der Waals surface area contributed by atoms with Crippen molar-refractivity contribution in [2.75, 3.05) is 0 Å². The quantitative estimate of drug-likeness (QED) is 0.602. The Labute approximate surface area is 142 Å². The maximum absolute atomic E-state index is 12.5. The molecule has 0 spiro atoms. The molecule has 0 heterocycles. The molecule has 3 atom stereocenters. The van der Waals surface area contributed by atoms with Gasteiger partial charge in [0.25, 0.3) is 0 Å². The van der Waals surface area contributed by atoms with Gasteiger partial charge in [-0.15, -0.1) is 0 Å². The van der Waals surface area contributed by atoms with Crippen LogP contribution in [0.15, 0.2) is 24.3 Å². The summed E-state index contributed by atoms with van der Waals surface area (Å²) in [5.74, 6) is 2.17. The second-order valence-corrected chi connectivity index (χ2v) is 7.54. The van der Waals surface area contributed by atoms with Gasteiger partial charge in [-0.1, -0.05) is 61.0 Å². The number of ketones is 1. The molecule has 1 aromatic rings. The predicted octanol–water partition coefficient (Wildman–Crippen LogP) is 6.18. The van der Waals surface area contributed by atoms with Crippen LogP contribution in [0.5, 0.6) is 0 Å². The molecule has 0 aromatic heterocycles. The number of fused-ring (bicyclic) bond motifs is 1. The third-order valence-corrected chi connectivity index (χ3v) is 6.06. The van der Waals surface area contributed by atoms with Crippen LogP contribution in [0.25, 0.3) is 6.08 Å². The fraction of sp³-hybridized carbons (Fsp3) is 0.526. The summed E-state index contributed by atoms with van der Waals surface area (Å²) in [6.45, 7) is 0. The van der Waals surface area contributed by atoms with Crippen molar-refractivity contribution in [2.24, 2.45) is 17.8 Å². The van der Waals surface area contributed by atoms with Crippen LogP contribution >= 0.6 is 23.2 Å². The van der Waals surface area contributed by atoms with E-state index in [-0.39, 0.29) is 11.7 Å². The average Bonchev–Trinajstić information content (AvgIpc) is 2.55. The van der Waals surface area contributed by atoms with E-state index in [1.165, 1.54) is 32.1 Å². The van der Waals surface area contributed by atoms with Gasteiger partial charge in [0.05, 0.1) is 10.0 Å². The second kappa shape index (κ2) is 7.19. The summed E-state index contributed by atoms with van der Waals surface area (Å²) < 4.78 is 0. The minimum absolute atomic E-state index is 0.221. The lowest BCUT2D eigenvalue weighted by Crippen LogP contribution is -2.30. The third-order valence-electron chi connectivity index (χ3n) is 5.33. The van der Waals surface area contributed by atoms with Crippen LogP contribution < -0.4 is 0 Å². The molecule has 2 aliphatic rings. The molecule has 1 nitrogen and oxygen atoms in total. The lowest BCUT2D eigenvalue weighted by atomic mass is 9.67. The zero-order valence-corrected chi connectivity index (χ0v) is 14.2. The lowest BCUT2D eigenvalue weighted by molar-refractivity contribution is -0.120. The molecule has 22 heavy (non-hydrogen) atoms. The normalized spacial score (nSPS) is 28.5. The van der Waals surface area contributed by atoms with Gasteiger partial charge in [0.15, 0.2) is 5.78 Å². The van der Waals surface area contributed by atoms with E-state index in [4.69, 9.17) is 23.2 Å². The van der Waals surface area contributed by atoms with E-state index in [0.29, 0.717) is 10.0 Å². The third kappa shape index (κ3) is 3.75. The highest BCUT2D eigenvalue weighted by molar-refractivity contribution is 6.42. The highest BCUT2D eigenvalue weighted by Crippen LogP contribution is 2.43. The van der Waals surface area contributed by atoms with Gasteiger partial charge < -0.3 is 0 Å². The summed E-state index contributed by atoms with van der Waals surface area (Å²) in [6, 6.07) is 5.45. The lowest BCUT2D eigenvalue weighted by Gasteiger charge is -2.38. The molecule has 2 fully saturated rings. The zero-order valence-electron chi connectivity index (χ0n) is 12.7. The number of allylic oxidation sites excluding steroid dienone is 1. The standard InChI is InChI=1S/C19H22Cl2O/c20-17-9-5-13(11-18(17)21)6-10-19(22)16-8-7-14-3-1-2-4-15(14)12-16/h5-6,9-11,14-16H,1-4,7-8,12H2. The molecule has 3 heteroatoms. The fourth-order valence-corrected chi connectivity index (χ4v) is 4.37. The highest BCUT2D eigenvalue weighted by atomic mass is 35.5. The van der Waals surface area contributed by atoms with Gasteiger partial charge in [-0.2, -0.15) is 0 Å². The number of rotatable bonds is 3. The van der Waals surface area contributed by atoms with Crippen molar-refractivity contribution in [3.8, 4) is 0 Å². The Morgan fingerprint density at radius 1 is 1.00 bits per heavy atom. The van der Waals surface area contributed by atoms with Crippen molar-refractivity contribution >= 4 is 35.1 Å². The minimum Gasteiger partial charge on any atom is -0.295 e. The molecule has 2 aliphatic carbocycles. The molecular weight excluding hydrogens is 315 g/mol. The number of halogens is 2. The zero-order chi connectivity index (χ0) is 15.5. The van der Waals surface area contributed by atoms with E-state index in [1.807, 2.05) is 12.1 Å². The second-order valence-electron chi connectivity index (χ2n) is 6.72. The van der Waals surface area contributed by atoms with Gasteiger partial charge in [0.1, 0.15) is 0 Å². The Morgan fingerprint density at radius 2 is 1.77 bits per heavy atom. The molecule has 3 rings (SSSR count). The SMILES string of the molecule is O=C(C=Cc1ccc(Cl)c(Cl)c1)C1CCC2CCCCC2C1. The Kier molecular flexibility index (Phi) is 5.25. The monoisotopic (exact) mass is 336 g/mol. The molecule has 1 aromatic carbocycles. The first-order chi connectivity index (χ1) is 10.6. The molecule has 0 amide bonds. The molecule has 0 bridgehead atoms. The minimum atomic E-state index is 0.221. The van der Waals surface area contributed by atoms with Crippen LogP contribution in [0.4, 0.5) is 0 Å². The smallest absolute Gasteiger partial charge is 0.158 e. The summed E-state index contributed by atoms with van der Waals surface area (Å²) in [7, 11) is 0. The first-order valence-electron chi connectivity index (χ1n) is 8.30. The van der Waals surface area contributed by atoms with E-state index in [9.17, 15) is 4.79 Å². The Morgan fingerprint density at radius 3 is 2.55 bits per heavy atom. The first-order valence-corrected chi connectivity index (χ1v) is 9.06. The molecule has 2 saturated carbocycles. The van der Waals surface area contributed by atoms with Crippen LogP contribution in [-0.4, -0.2) is 5.78 Å². The van der Waals surface area contributed by atoms with Gasteiger partial charge in [0, 0.05) is 5.92 Å². The average molecular weight is 337 g/mol. The maximum atomic E-state index is 12.5. The summed E-state index contributed by atoms with van der Waals surface area (Å²) in [4.78, 5) is 12.5. The molecule has 0 radical (unpaired) electrons. The van der Waals surface area contributed by atoms with Crippen LogP contribution in [0, 0.1) is 17.8 Å². The molecule has 3 unspecified atom stereocenters. The van der Waals surface area contributed by atoms with Crippen LogP contribution in [-0.2, 0) is 4.79 Å².